The van der Waals surface area contributed by atoms with Crippen molar-refractivity contribution >= 4 is 18.0 Å². The van der Waals surface area contributed by atoms with E-state index in [2.05, 4.69) is 34.9 Å². The summed E-state index contributed by atoms with van der Waals surface area (Å²) in [5, 5.41) is 15.1. The van der Waals surface area contributed by atoms with Crippen LogP contribution in [0.3, 0.4) is 0 Å². The largest absolute Gasteiger partial charge is 0.481 e. The molecule has 3 atom stereocenters. The summed E-state index contributed by atoms with van der Waals surface area (Å²) in [5.41, 5.74) is 4.21. The molecule has 3 aliphatic carbocycles. The van der Waals surface area contributed by atoms with Crippen LogP contribution < -0.4 is 10.6 Å². The van der Waals surface area contributed by atoms with E-state index in [0.717, 1.165) is 32.1 Å². The van der Waals surface area contributed by atoms with E-state index in [9.17, 15) is 19.5 Å². The predicted molar refractivity (Wildman–Crippen MR) is 131 cm³/mol. The first-order valence-electron chi connectivity index (χ1n) is 12.6. The maximum absolute atomic E-state index is 12.2. The Bertz CT molecular complexity index is 1090. The number of fused-ring (bicyclic) bond motifs is 4. The Kier molecular flexibility index (Phi) is 6.50. The van der Waals surface area contributed by atoms with Crippen molar-refractivity contribution in [3.8, 4) is 11.1 Å². The summed E-state index contributed by atoms with van der Waals surface area (Å²) in [6.07, 6.45) is 4.42. The van der Waals surface area contributed by atoms with Gasteiger partial charge >= 0.3 is 12.1 Å². The highest BCUT2D eigenvalue weighted by Gasteiger charge is 2.65. The number of alkyl carbamates (subject to hydrolysis) is 1. The number of unbranched alkanes of at least 4 members (excludes halogenated alkanes) is 2. The molecule has 3 N–H and O–H groups in total. The molecule has 5 rings (SSSR count). The first-order chi connectivity index (χ1) is 17.0. The third-order valence-electron chi connectivity index (χ3n) is 7.90. The molecule has 0 radical (unpaired) electrons. The third-order valence-corrected chi connectivity index (χ3v) is 7.90. The van der Waals surface area contributed by atoms with Crippen LogP contribution in [0.4, 0.5) is 4.79 Å². The van der Waals surface area contributed by atoms with Crippen molar-refractivity contribution in [3.05, 3.63) is 59.7 Å². The van der Waals surface area contributed by atoms with Gasteiger partial charge in [-0.05, 0) is 60.3 Å². The van der Waals surface area contributed by atoms with Crippen molar-refractivity contribution in [2.75, 3.05) is 13.2 Å². The first kappa shape index (κ1) is 23.4. The van der Waals surface area contributed by atoms with Gasteiger partial charge in [-0.1, -0.05) is 55.0 Å². The number of aliphatic carboxylic acids is 1. The zero-order valence-corrected chi connectivity index (χ0v) is 19.8. The third kappa shape index (κ3) is 4.77. The van der Waals surface area contributed by atoms with Crippen molar-refractivity contribution in [1.82, 2.24) is 10.6 Å². The number of hydrogen-bond donors (Lipinski definition) is 3. The van der Waals surface area contributed by atoms with Gasteiger partial charge in [0.15, 0.2) is 0 Å². The lowest BCUT2D eigenvalue weighted by Gasteiger charge is -2.16. The van der Waals surface area contributed by atoms with E-state index in [0.29, 0.717) is 26.0 Å². The first-order valence-corrected chi connectivity index (χ1v) is 12.6. The van der Waals surface area contributed by atoms with Gasteiger partial charge in [-0.15, -0.1) is 0 Å². The smallest absolute Gasteiger partial charge is 0.407 e. The number of hydrogen-bond acceptors (Lipinski definition) is 4. The molecule has 0 aliphatic heterocycles. The number of carboxylic acids is 1. The Hall–Kier alpha value is -3.35. The number of ether oxygens (including phenoxy) is 1. The standard InChI is InChI=1S/C28H32N2O5/c31-25(30-19-14-18-15-28(18,16-19)26(32)33)12-2-1-7-13-29-27(34)35-17-24-22-10-5-3-8-20(22)21-9-4-6-11-23(21)24/h3-6,8-11,18-19,24H,1-2,7,12-17H2,(H,29,34)(H,30,31)(H,32,33)/t18-,19+,28+/m0/s1. The number of carbonyl (C=O) groups is 3. The van der Waals surface area contributed by atoms with Crippen LogP contribution in [0.2, 0.25) is 0 Å². The number of carboxylic acid groups (broad SMARTS) is 1. The Balaban J connectivity index is 0.963. The molecule has 0 bridgehead atoms. The molecule has 2 aromatic carbocycles. The fourth-order valence-corrected chi connectivity index (χ4v) is 5.99. The van der Waals surface area contributed by atoms with Crippen molar-refractivity contribution < 1.29 is 24.2 Å². The molecule has 3 aliphatic rings. The van der Waals surface area contributed by atoms with Crippen molar-refractivity contribution in [2.45, 2.75) is 56.9 Å². The van der Waals surface area contributed by atoms with Gasteiger partial charge in [0.2, 0.25) is 5.91 Å². The average Bonchev–Trinajstić information content (AvgIpc) is 3.28. The molecule has 2 fully saturated rings. The number of benzene rings is 2. The molecule has 7 nitrogen and oxygen atoms in total. The Morgan fingerprint density at radius 3 is 2.29 bits per heavy atom. The van der Waals surface area contributed by atoms with Gasteiger partial charge in [0.1, 0.15) is 6.61 Å². The normalized spacial score (nSPS) is 23.7. The summed E-state index contributed by atoms with van der Waals surface area (Å²) in [6.45, 7) is 0.801. The number of carbonyl (C=O) groups excluding carboxylic acids is 2. The van der Waals surface area contributed by atoms with E-state index in [1.165, 1.54) is 22.3 Å². The quantitative estimate of drug-likeness (QED) is 0.439. The Morgan fingerprint density at radius 2 is 1.63 bits per heavy atom. The zero-order chi connectivity index (χ0) is 24.4. The number of rotatable bonds is 10. The molecule has 2 saturated carbocycles. The van der Waals surface area contributed by atoms with E-state index in [-0.39, 0.29) is 23.8 Å². The molecular weight excluding hydrogens is 444 g/mol. The van der Waals surface area contributed by atoms with Gasteiger partial charge in [0.05, 0.1) is 5.41 Å². The lowest BCUT2D eigenvalue weighted by Crippen LogP contribution is -2.35. The maximum atomic E-state index is 12.2. The zero-order valence-electron chi connectivity index (χ0n) is 19.8. The minimum absolute atomic E-state index is 0.00687. The summed E-state index contributed by atoms with van der Waals surface area (Å²) >= 11 is 0. The maximum Gasteiger partial charge on any atom is 0.407 e. The molecule has 0 saturated heterocycles. The van der Waals surface area contributed by atoms with Gasteiger partial charge in [-0.3, -0.25) is 9.59 Å². The summed E-state index contributed by atoms with van der Waals surface area (Å²) in [7, 11) is 0. The Morgan fingerprint density at radius 1 is 0.943 bits per heavy atom. The molecule has 7 heteroatoms. The van der Waals surface area contributed by atoms with Crippen LogP contribution in [0.25, 0.3) is 11.1 Å². The second-order valence-electron chi connectivity index (χ2n) is 10.1. The molecule has 0 aromatic heterocycles. The molecule has 184 valence electrons. The second-order valence-corrected chi connectivity index (χ2v) is 10.1. The number of nitrogens with one attached hydrogen (secondary N) is 2. The highest BCUT2D eigenvalue weighted by Crippen LogP contribution is 2.63. The topological polar surface area (TPSA) is 105 Å². The van der Waals surface area contributed by atoms with E-state index >= 15 is 0 Å². The van der Waals surface area contributed by atoms with Gasteiger partial charge in [0.25, 0.3) is 0 Å². The van der Waals surface area contributed by atoms with Crippen LogP contribution >= 0.6 is 0 Å². The highest BCUT2D eigenvalue weighted by atomic mass is 16.5. The molecule has 35 heavy (non-hydrogen) atoms. The summed E-state index contributed by atoms with van der Waals surface area (Å²) in [5.74, 6) is -0.457. The second kappa shape index (κ2) is 9.72. The lowest BCUT2D eigenvalue weighted by atomic mass is 9.98. The van der Waals surface area contributed by atoms with Gasteiger partial charge in [-0.25, -0.2) is 4.79 Å². The lowest BCUT2D eigenvalue weighted by molar-refractivity contribution is -0.143. The summed E-state index contributed by atoms with van der Waals surface area (Å²) < 4.78 is 5.54. The van der Waals surface area contributed by atoms with Gasteiger partial charge < -0.3 is 20.5 Å². The summed E-state index contributed by atoms with van der Waals surface area (Å²) in [6, 6.07) is 16.5. The van der Waals surface area contributed by atoms with Crippen LogP contribution in [-0.4, -0.2) is 42.3 Å². The van der Waals surface area contributed by atoms with Crippen molar-refractivity contribution in [1.29, 1.82) is 0 Å². The molecule has 0 unspecified atom stereocenters. The van der Waals surface area contributed by atoms with Crippen molar-refractivity contribution in [3.63, 3.8) is 0 Å². The highest BCUT2D eigenvalue weighted by molar-refractivity contribution is 5.81. The average molecular weight is 477 g/mol. The Labute approximate surface area is 205 Å². The summed E-state index contributed by atoms with van der Waals surface area (Å²) in [4.78, 5) is 35.8. The van der Waals surface area contributed by atoms with E-state index in [1.807, 2.05) is 24.3 Å². The molecule has 2 amide bonds. The van der Waals surface area contributed by atoms with Gasteiger partial charge in [0, 0.05) is 24.9 Å². The molecule has 0 heterocycles. The van der Waals surface area contributed by atoms with E-state index < -0.39 is 17.5 Å². The van der Waals surface area contributed by atoms with Crippen LogP contribution in [-0.2, 0) is 14.3 Å². The van der Waals surface area contributed by atoms with Crippen LogP contribution in [0.5, 0.6) is 0 Å². The molecule has 2 aromatic rings. The molecular formula is C28H32N2O5. The monoisotopic (exact) mass is 476 g/mol. The minimum Gasteiger partial charge on any atom is -0.481 e. The fourth-order valence-electron chi connectivity index (χ4n) is 5.99. The van der Waals surface area contributed by atoms with E-state index in [1.54, 1.807) is 0 Å². The van der Waals surface area contributed by atoms with Crippen molar-refractivity contribution in [2.24, 2.45) is 11.3 Å². The number of amides is 2. The van der Waals surface area contributed by atoms with E-state index in [4.69, 9.17) is 4.74 Å². The molecule has 0 spiro atoms. The van der Waals surface area contributed by atoms with Crippen LogP contribution in [0.15, 0.2) is 48.5 Å². The minimum atomic E-state index is -0.719. The SMILES string of the molecule is O=C(CCCCCNC(=O)OCC1c2ccccc2-c2ccccc21)N[C@@H]1C[C@H]2C[C@@]2(C(=O)O)C1. The van der Waals surface area contributed by atoms with Crippen LogP contribution in [0.1, 0.15) is 62.0 Å². The predicted octanol–water partition coefficient (Wildman–Crippen LogP) is 4.46. The van der Waals surface area contributed by atoms with Gasteiger partial charge in [-0.2, -0.15) is 0 Å². The van der Waals surface area contributed by atoms with Crippen LogP contribution in [0, 0.1) is 11.3 Å². The fraction of sp³-hybridized carbons (Fsp3) is 0.464.